The predicted octanol–water partition coefficient (Wildman–Crippen LogP) is 4.13. The van der Waals surface area contributed by atoms with Crippen LogP contribution in [-0.2, 0) is 17.6 Å². The number of aryl methyl sites for hydroxylation is 1. The van der Waals surface area contributed by atoms with Gasteiger partial charge in [0.05, 0.1) is 5.56 Å². The normalized spacial score (nSPS) is 15.6. The zero-order valence-corrected chi connectivity index (χ0v) is 17.2. The minimum atomic E-state index is -0.897. The maximum atomic E-state index is 14.4. The van der Waals surface area contributed by atoms with Crippen molar-refractivity contribution >= 4 is 23.5 Å². The Morgan fingerprint density at radius 2 is 1.97 bits per heavy atom. The van der Waals surface area contributed by atoms with E-state index in [9.17, 15) is 18.4 Å². The molecule has 0 spiro atoms. The van der Waals surface area contributed by atoms with Gasteiger partial charge in [0.2, 0.25) is 5.91 Å². The summed E-state index contributed by atoms with van der Waals surface area (Å²) in [6.07, 6.45) is -0.153. The van der Waals surface area contributed by atoms with E-state index in [0.29, 0.717) is 10.9 Å². The number of carbonyl (C=O) groups excluding carboxylic acids is 1. The van der Waals surface area contributed by atoms with Gasteiger partial charge in [-0.2, -0.15) is 4.98 Å². The Labute approximate surface area is 176 Å². The van der Waals surface area contributed by atoms with E-state index in [-0.39, 0.29) is 29.3 Å². The second-order valence-corrected chi connectivity index (χ2v) is 8.15. The van der Waals surface area contributed by atoms with Gasteiger partial charge >= 0.3 is 0 Å². The fourth-order valence-electron chi connectivity index (χ4n) is 3.63. The number of thioether (sulfide) groups is 1. The van der Waals surface area contributed by atoms with Gasteiger partial charge in [-0.3, -0.25) is 9.59 Å². The zero-order chi connectivity index (χ0) is 21.4. The van der Waals surface area contributed by atoms with E-state index in [4.69, 9.17) is 0 Å². The highest BCUT2D eigenvalue weighted by Gasteiger charge is 2.33. The third kappa shape index (κ3) is 3.75. The number of hydrogen-bond acceptors (Lipinski definition) is 4. The number of nitrogens with one attached hydrogen (secondary N) is 1. The van der Waals surface area contributed by atoms with Crippen molar-refractivity contribution in [2.24, 2.45) is 7.05 Å². The number of carbonyl (C=O) groups is 1. The van der Waals surface area contributed by atoms with Crippen LogP contribution in [0, 0.1) is 18.6 Å². The maximum absolute atomic E-state index is 14.4. The first-order valence-electron chi connectivity index (χ1n) is 9.38. The molecule has 1 amide bonds. The van der Waals surface area contributed by atoms with Crippen molar-refractivity contribution in [3.8, 4) is 0 Å². The number of hydrogen-bond donors (Lipinski definition) is 1. The average Bonchev–Trinajstić information content (AvgIpc) is 2.71. The lowest BCUT2D eigenvalue weighted by molar-refractivity contribution is -0.116. The van der Waals surface area contributed by atoms with E-state index in [1.54, 1.807) is 11.6 Å². The van der Waals surface area contributed by atoms with Crippen LogP contribution in [0.25, 0.3) is 0 Å². The van der Waals surface area contributed by atoms with Crippen LogP contribution in [-0.4, -0.2) is 15.5 Å². The number of rotatable bonds is 4. The number of fused-ring (bicyclic) bond motifs is 1. The Balaban J connectivity index is 1.76. The molecular formula is C22H19F2N3O2S. The largest absolute Gasteiger partial charge is 0.312 e. The van der Waals surface area contributed by atoms with Crippen LogP contribution >= 0.6 is 11.8 Å². The fraction of sp³-hybridized carbons (Fsp3) is 0.227. The molecule has 4 rings (SSSR count). The molecule has 1 atom stereocenters. The monoisotopic (exact) mass is 427 g/mol. The van der Waals surface area contributed by atoms with E-state index in [2.05, 4.69) is 10.3 Å². The first-order chi connectivity index (χ1) is 14.3. The first kappa shape index (κ1) is 20.3. The van der Waals surface area contributed by atoms with Crippen molar-refractivity contribution in [3.63, 3.8) is 0 Å². The Morgan fingerprint density at radius 1 is 1.20 bits per heavy atom. The van der Waals surface area contributed by atoms with Crippen molar-refractivity contribution in [2.45, 2.75) is 30.2 Å². The van der Waals surface area contributed by atoms with Gasteiger partial charge in [-0.25, -0.2) is 8.78 Å². The van der Waals surface area contributed by atoms with Crippen LogP contribution in [0.15, 0.2) is 52.4 Å². The van der Waals surface area contributed by atoms with Crippen LogP contribution in [0.4, 0.5) is 14.6 Å². The van der Waals surface area contributed by atoms with Gasteiger partial charge in [-0.15, -0.1) is 0 Å². The van der Waals surface area contributed by atoms with Crippen molar-refractivity contribution in [3.05, 3.63) is 86.7 Å². The van der Waals surface area contributed by atoms with Crippen molar-refractivity contribution < 1.29 is 13.6 Å². The molecular weight excluding hydrogens is 408 g/mol. The van der Waals surface area contributed by atoms with Crippen LogP contribution in [0.3, 0.4) is 0 Å². The number of amides is 1. The zero-order valence-electron chi connectivity index (χ0n) is 16.4. The van der Waals surface area contributed by atoms with E-state index in [1.807, 2.05) is 31.2 Å². The van der Waals surface area contributed by atoms with Gasteiger partial charge in [0.15, 0.2) is 5.16 Å². The third-order valence-electron chi connectivity index (χ3n) is 5.25. The van der Waals surface area contributed by atoms with Gasteiger partial charge in [0, 0.05) is 25.1 Å². The number of nitrogens with zero attached hydrogens (tertiary/aromatic N) is 2. The average molecular weight is 427 g/mol. The molecule has 2 aromatic carbocycles. The van der Waals surface area contributed by atoms with Crippen LogP contribution in [0.5, 0.6) is 0 Å². The molecule has 0 fully saturated rings. The molecule has 1 aliphatic rings. The molecule has 1 aliphatic heterocycles. The van der Waals surface area contributed by atoms with E-state index in [1.165, 1.54) is 11.8 Å². The lowest BCUT2D eigenvalue weighted by atomic mass is 9.86. The molecule has 154 valence electrons. The maximum Gasteiger partial charge on any atom is 0.279 e. The molecule has 3 aromatic rings. The summed E-state index contributed by atoms with van der Waals surface area (Å²) in [6.45, 7) is 2.01. The lowest BCUT2D eigenvalue weighted by Gasteiger charge is -2.27. The van der Waals surface area contributed by atoms with E-state index >= 15 is 0 Å². The topological polar surface area (TPSA) is 64.0 Å². The summed E-state index contributed by atoms with van der Waals surface area (Å²) in [7, 11) is 1.69. The number of benzene rings is 2. The second kappa shape index (κ2) is 8.02. The van der Waals surface area contributed by atoms with Crippen LogP contribution in [0.1, 0.15) is 34.6 Å². The summed E-state index contributed by atoms with van der Waals surface area (Å²) in [5.74, 6) is -1.69. The van der Waals surface area contributed by atoms with Gasteiger partial charge in [-0.1, -0.05) is 36.0 Å². The third-order valence-corrected chi connectivity index (χ3v) is 6.33. The summed E-state index contributed by atoms with van der Waals surface area (Å²) in [5.41, 5.74) is 1.83. The molecule has 1 aromatic heterocycles. The quantitative estimate of drug-likeness (QED) is 0.502. The first-order valence-corrected chi connectivity index (χ1v) is 10.4. The SMILES string of the molecule is Cc1ccccc1CSc1nc(=O)c2c(n1C)NC(=O)CC2c1cc(F)ccc1F. The lowest BCUT2D eigenvalue weighted by Crippen LogP contribution is -2.33. The van der Waals surface area contributed by atoms with Crippen molar-refractivity contribution in [1.82, 2.24) is 9.55 Å². The summed E-state index contributed by atoms with van der Waals surface area (Å²) in [6, 6.07) is 10.9. The second-order valence-electron chi connectivity index (χ2n) is 7.21. The highest BCUT2D eigenvalue weighted by Crippen LogP contribution is 2.37. The minimum absolute atomic E-state index is 0.0229. The molecule has 0 saturated heterocycles. The fourth-order valence-corrected chi connectivity index (χ4v) is 4.67. The molecule has 0 saturated carbocycles. The van der Waals surface area contributed by atoms with Crippen molar-refractivity contribution in [2.75, 3.05) is 5.32 Å². The number of anilines is 1. The van der Waals surface area contributed by atoms with Gasteiger partial charge in [-0.05, 0) is 41.8 Å². The van der Waals surface area contributed by atoms with Gasteiger partial charge < -0.3 is 9.88 Å². The molecule has 30 heavy (non-hydrogen) atoms. The Bertz CT molecular complexity index is 1210. The highest BCUT2D eigenvalue weighted by molar-refractivity contribution is 7.98. The highest BCUT2D eigenvalue weighted by atomic mass is 32.2. The Morgan fingerprint density at radius 3 is 2.73 bits per heavy atom. The molecule has 2 heterocycles. The van der Waals surface area contributed by atoms with Crippen molar-refractivity contribution in [1.29, 1.82) is 0 Å². The van der Waals surface area contributed by atoms with Crippen LogP contribution < -0.4 is 10.9 Å². The van der Waals surface area contributed by atoms with Gasteiger partial charge in [0.25, 0.3) is 5.56 Å². The summed E-state index contributed by atoms with van der Waals surface area (Å²) >= 11 is 1.37. The number of halogens is 2. The summed E-state index contributed by atoms with van der Waals surface area (Å²) < 4.78 is 29.8. The summed E-state index contributed by atoms with van der Waals surface area (Å²) in [5, 5.41) is 3.14. The molecule has 5 nitrogen and oxygen atoms in total. The Kier molecular flexibility index (Phi) is 5.42. The summed E-state index contributed by atoms with van der Waals surface area (Å²) in [4.78, 5) is 29.4. The molecule has 0 radical (unpaired) electrons. The van der Waals surface area contributed by atoms with E-state index < -0.39 is 23.1 Å². The Hall–Kier alpha value is -3.00. The smallest absolute Gasteiger partial charge is 0.279 e. The minimum Gasteiger partial charge on any atom is -0.312 e. The molecule has 0 aliphatic carbocycles. The molecule has 0 bridgehead atoms. The molecule has 8 heteroatoms. The predicted molar refractivity (Wildman–Crippen MR) is 112 cm³/mol. The van der Waals surface area contributed by atoms with Crippen LogP contribution in [0.2, 0.25) is 0 Å². The molecule has 1 N–H and O–H groups in total. The standard InChI is InChI=1S/C22H19F2N3O2S/c1-12-5-3-4-6-13(12)11-30-22-26-21(29)19-16(10-18(28)25-20(19)27(22)2)15-9-14(23)7-8-17(15)24/h3-9,16H,10-11H2,1-2H3,(H,25,28). The molecule has 1 unspecified atom stereocenters. The van der Waals surface area contributed by atoms with E-state index in [0.717, 1.165) is 29.3 Å². The van der Waals surface area contributed by atoms with Gasteiger partial charge in [0.1, 0.15) is 17.5 Å². The number of aromatic nitrogens is 2.